The third kappa shape index (κ3) is 14.5. The third-order valence-electron chi connectivity index (χ3n) is 11.4. The van der Waals surface area contributed by atoms with Crippen molar-refractivity contribution in [3.8, 4) is 23.1 Å². The number of rotatable bonds is 17. The summed E-state index contributed by atoms with van der Waals surface area (Å²) in [4.78, 5) is 15.3. The van der Waals surface area contributed by atoms with Gasteiger partial charge in [0, 0.05) is 28.3 Å². The van der Waals surface area contributed by atoms with E-state index in [1.54, 1.807) is 0 Å². The fourth-order valence-electron chi connectivity index (χ4n) is 7.68. The first-order valence-electron chi connectivity index (χ1n) is 22.4. The number of nitrogens with two attached hydrogens (primary N) is 1. The summed E-state index contributed by atoms with van der Waals surface area (Å²) in [5.41, 5.74) is -3.74. The number of carboxylic acids is 1. The van der Waals surface area contributed by atoms with Crippen molar-refractivity contribution in [2.45, 2.75) is 29.4 Å². The van der Waals surface area contributed by atoms with E-state index in [0.29, 0.717) is 41.1 Å². The summed E-state index contributed by atoms with van der Waals surface area (Å²) in [5.74, 6) is -5.41. The number of aromatic nitrogens is 2. The predicted octanol–water partition coefficient (Wildman–Crippen LogP) is 7.28. The van der Waals surface area contributed by atoms with Crippen LogP contribution in [0, 0.1) is 10.1 Å². The lowest BCUT2D eigenvalue weighted by molar-refractivity contribution is -0.385. The van der Waals surface area contributed by atoms with E-state index in [1.165, 1.54) is 0 Å². The molecule has 7 aromatic carbocycles. The highest BCUT2D eigenvalue weighted by atomic mass is 35.5. The van der Waals surface area contributed by atoms with Crippen LogP contribution >= 0.6 is 11.6 Å². The quantitative estimate of drug-likeness (QED) is 0.0140. The summed E-state index contributed by atoms with van der Waals surface area (Å²) in [5, 5.41) is 83.3. The SMILES string of the molecule is Nc1c(N=Nc2ccc3c(O)c(N=Nc4cc(Cl)c(N=Nc5c(C(=O)O)nn(-c6ccc(S(=O)(=O)O)cc6)c5O)c(S(=O)(=O)O)c4)c(S(=O)(=O)O)cc3c2S(=O)(=O)O)cc(S(=O)(=O)O)c2ccc(N=Nc3ccc([N+](=O)[O-])cc3S(=O)(=O)O)c(O)c12.O=S(=O)=O. The molecule has 8 aromatic rings. The normalized spacial score (nSPS) is 12.8. The number of nitrogens with zero attached hydrogens (tertiary/aromatic N) is 11. The molecule has 0 unspecified atom stereocenters. The van der Waals surface area contributed by atoms with Gasteiger partial charge in [-0.15, -0.1) is 48.4 Å². The fraction of sp³-hybridized carbons (Fsp3) is 0. The maximum absolute atomic E-state index is 13.1. The molecule has 0 atom stereocenters. The summed E-state index contributed by atoms with van der Waals surface area (Å²) < 4.78 is 236. The van der Waals surface area contributed by atoms with Gasteiger partial charge < -0.3 is 26.2 Å². The zero-order valence-electron chi connectivity index (χ0n) is 42.7. The van der Waals surface area contributed by atoms with Crippen LogP contribution in [0.3, 0.4) is 0 Å². The van der Waals surface area contributed by atoms with Gasteiger partial charge in [-0.1, -0.05) is 17.7 Å². The van der Waals surface area contributed by atoms with Gasteiger partial charge in [-0.3, -0.25) is 37.4 Å². The number of benzene rings is 7. The number of nitro groups is 1. The zero-order chi connectivity index (χ0) is 67.3. The summed E-state index contributed by atoms with van der Waals surface area (Å²) in [6, 6.07) is 10.8. The van der Waals surface area contributed by atoms with Crippen molar-refractivity contribution < 1.29 is 121 Å². The van der Waals surface area contributed by atoms with Crippen molar-refractivity contribution in [1.82, 2.24) is 9.78 Å². The van der Waals surface area contributed by atoms with Crippen LogP contribution in [0.15, 0.2) is 161 Å². The van der Waals surface area contributed by atoms with Crippen molar-refractivity contribution in [3.63, 3.8) is 0 Å². The Morgan fingerprint density at radius 3 is 1.58 bits per heavy atom. The Morgan fingerprint density at radius 1 is 0.533 bits per heavy atom. The van der Waals surface area contributed by atoms with E-state index in [0.717, 1.165) is 54.6 Å². The van der Waals surface area contributed by atoms with E-state index >= 15 is 0 Å². The van der Waals surface area contributed by atoms with Crippen LogP contribution in [-0.4, -0.2) is 132 Å². The number of carbonyl (C=O) groups is 1. The fourth-order valence-corrected chi connectivity index (χ4v) is 12.0. The number of azo groups is 4. The highest BCUT2D eigenvalue weighted by molar-refractivity contribution is 7.87. The summed E-state index contributed by atoms with van der Waals surface area (Å²) in [6.45, 7) is 0. The van der Waals surface area contributed by atoms with Gasteiger partial charge >= 0.3 is 16.6 Å². The Morgan fingerprint density at radius 2 is 1.03 bits per heavy atom. The number of phenolic OH excluding ortho intramolecular Hbond substituents is 2. The van der Waals surface area contributed by atoms with E-state index in [1.807, 2.05) is 0 Å². The van der Waals surface area contributed by atoms with Gasteiger partial charge in [0.2, 0.25) is 11.6 Å². The lowest BCUT2D eigenvalue weighted by Gasteiger charge is -2.13. The average molecular weight is 1410 g/mol. The van der Waals surface area contributed by atoms with Crippen molar-refractivity contribution in [1.29, 1.82) is 0 Å². The number of nitrogen functional groups attached to an aromatic ring is 1. The molecular weight excluding hydrogens is 1380 g/mol. The monoisotopic (exact) mass is 1410 g/mol. The van der Waals surface area contributed by atoms with Gasteiger partial charge in [0.15, 0.2) is 17.2 Å². The predicted molar refractivity (Wildman–Crippen MR) is 298 cm³/mol. The summed E-state index contributed by atoms with van der Waals surface area (Å²) in [6.07, 6.45) is 0. The van der Waals surface area contributed by atoms with Gasteiger partial charge in [-0.05, 0) is 72.8 Å². The molecule has 0 amide bonds. The molecule has 0 aliphatic rings. The number of hydrogen-bond acceptors (Lipinski definition) is 31. The van der Waals surface area contributed by atoms with Gasteiger partial charge in [-0.2, -0.15) is 65.4 Å². The van der Waals surface area contributed by atoms with Crippen LogP contribution in [0.4, 0.5) is 56.9 Å². The number of non-ortho nitro benzene ring substituents is 1. The highest BCUT2D eigenvalue weighted by Gasteiger charge is 2.31. The van der Waals surface area contributed by atoms with Crippen molar-refractivity contribution >= 4 is 167 Å². The smallest absolute Gasteiger partial charge is 0.425 e. The average Bonchev–Trinajstić information content (AvgIpc) is 0.951. The Hall–Kier alpha value is -9.89. The number of fused-ring (bicyclic) bond motifs is 2. The van der Waals surface area contributed by atoms with E-state index in [9.17, 15) is 113 Å². The molecule has 0 fully saturated rings. The van der Waals surface area contributed by atoms with Crippen molar-refractivity contribution in [2.24, 2.45) is 40.9 Å². The molecule has 40 nitrogen and oxygen atoms in total. The summed E-state index contributed by atoms with van der Waals surface area (Å²) in [7, 11) is -35.3. The maximum Gasteiger partial charge on any atom is 0.425 e. The van der Waals surface area contributed by atoms with Crippen LogP contribution in [0.1, 0.15) is 10.5 Å². The van der Waals surface area contributed by atoms with E-state index in [-0.39, 0.29) is 5.69 Å². The van der Waals surface area contributed by atoms with E-state index < -0.39 is 218 Å². The number of anilines is 1. The number of carboxylic acid groups (broad SMARTS) is 1. The highest BCUT2D eigenvalue weighted by Crippen LogP contribution is 2.49. The zero-order valence-corrected chi connectivity index (χ0v) is 49.2. The first-order valence-corrected chi connectivity index (χ1v) is 32.4. The minimum absolute atomic E-state index is 0.212. The lowest BCUT2D eigenvalue weighted by Crippen LogP contribution is -2.03. The third-order valence-corrected chi connectivity index (χ3v) is 17.0. The van der Waals surface area contributed by atoms with Gasteiger partial charge in [0.1, 0.15) is 58.6 Å². The molecule has 90 heavy (non-hydrogen) atoms. The topological polar surface area (TPSA) is 661 Å². The molecule has 0 aliphatic heterocycles. The number of aromatic hydroxyl groups is 3. The molecule has 12 N–H and O–H groups in total. The molecule has 48 heteroatoms. The number of nitro benzene ring substituents is 1. The first-order chi connectivity index (χ1) is 41.4. The Kier molecular flexibility index (Phi) is 18.5. The van der Waals surface area contributed by atoms with Crippen LogP contribution in [0.25, 0.3) is 27.2 Å². The Labute approximate surface area is 505 Å². The number of hydrogen-bond donors (Lipinski definition) is 11. The standard InChI is InChI=1S/C42H27ClN12O25S6.O3S/c43-23-11-16(12-30(84(72,73)74)34(23)50-52-36-37(42(59)60)53-54(41(36)58)17-1-4-19(5-2-17)81(63,64)65)45-51-35-31(85(75,76)77)14-22-20(38(35)56)6-10-26(40(22)86(78,79)80)48-49-27-15-28(82(66,67)68)21-7-9-25(39(57)32(21)33(27)44)47-46-24-8-3-18(55(61)62)13-29(24)83(69,70)71;1-4(2)3/h1-15,56-58H,44H2,(H,59,60)(H,63,64,65)(H,66,67,68)(H,69,70,71)(H,72,73,74)(H,75,76,77)(H,78,79,80);. The maximum atomic E-state index is 13.1. The summed E-state index contributed by atoms with van der Waals surface area (Å²) >= 11 is 6.29. The number of aromatic carboxylic acids is 1. The lowest BCUT2D eigenvalue weighted by atomic mass is 10.1. The van der Waals surface area contributed by atoms with E-state index in [4.69, 9.17) is 30.0 Å². The first kappa shape index (κ1) is 67.6. The van der Waals surface area contributed by atoms with Crippen LogP contribution in [0.2, 0.25) is 5.02 Å². The molecule has 8 rings (SSSR count). The molecule has 0 saturated carbocycles. The van der Waals surface area contributed by atoms with Crippen molar-refractivity contribution in [3.05, 3.63) is 112 Å². The van der Waals surface area contributed by atoms with Gasteiger partial charge in [0.05, 0.1) is 37.3 Å². The molecule has 0 bridgehead atoms. The molecule has 0 spiro atoms. The minimum Gasteiger partial charge on any atom is -0.505 e. The molecule has 0 aliphatic carbocycles. The largest absolute Gasteiger partial charge is 0.505 e. The van der Waals surface area contributed by atoms with Crippen molar-refractivity contribution in [2.75, 3.05) is 5.73 Å². The number of halogens is 1. The molecule has 1 aromatic heterocycles. The Balaban J connectivity index is 0.00000279. The molecular formula is C42H27ClN12O28S7. The molecule has 0 radical (unpaired) electrons. The minimum atomic E-state index is -5.72. The second-order valence-corrected chi connectivity index (χ2v) is 26.2. The van der Waals surface area contributed by atoms with Crippen LogP contribution in [0.5, 0.6) is 17.4 Å². The van der Waals surface area contributed by atoms with E-state index in [2.05, 4.69) is 46.0 Å². The van der Waals surface area contributed by atoms with Crippen LogP contribution < -0.4 is 5.73 Å². The van der Waals surface area contributed by atoms with Gasteiger partial charge in [-0.25, -0.2) is 4.79 Å². The second kappa shape index (κ2) is 24.6. The Bertz CT molecular complexity index is 5440. The molecule has 472 valence electrons. The second-order valence-electron chi connectivity index (χ2n) is 17.0. The molecule has 0 saturated heterocycles. The number of phenols is 2. The molecule has 1 heterocycles. The van der Waals surface area contributed by atoms with Crippen LogP contribution in [-0.2, 0) is 71.3 Å². The van der Waals surface area contributed by atoms with Gasteiger partial charge in [0.25, 0.3) is 66.4 Å².